The molecule has 0 spiro atoms. The largest absolute Gasteiger partial charge is 0.395 e. The highest BCUT2D eigenvalue weighted by Gasteiger charge is 2.49. The first-order valence-electron chi connectivity index (χ1n) is 10.9. The quantitative estimate of drug-likeness (QED) is 0.739. The number of aliphatic hydroxyl groups is 1. The molecule has 2 aliphatic rings. The molecule has 0 bridgehead atoms. The zero-order valence-corrected chi connectivity index (χ0v) is 18.6. The maximum Gasteiger partial charge on any atom is 0.213 e. The van der Waals surface area contributed by atoms with Crippen LogP contribution >= 0.6 is 0 Å². The number of nitrogens with zero attached hydrogens (tertiary/aromatic N) is 3. The zero-order chi connectivity index (χ0) is 21.8. The Bertz CT molecular complexity index is 1040. The van der Waals surface area contributed by atoms with Crippen LogP contribution in [0.3, 0.4) is 0 Å². The lowest BCUT2D eigenvalue weighted by Gasteiger charge is -2.57. The molecule has 164 valence electrons. The topological polar surface area (TPSA) is 73.7 Å². The van der Waals surface area contributed by atoms with Crippen LogP contribution in [0.4, 0.5) is 0 Å². The second-order valence-electron chi connectivity index (χ2n) is 8.13. The highest BCUT2D eigenvalue weighted by atomic mass is 32.2. The molecule has 6 nitrogen and oxygen atoms in total. The molecule has 1 N–H and O–H groups in total. The number of benzene rings is 1. The summed E-state index contributed by atoms with van der Waals surface area (Å²) in [5.74, 6) is 6.43. The van der Waals surface area contributed by atoms with Gasteiger partial charge in [-0.15, -0.1) is 0 Å². The van der Waals surface area contributed by atoms with Gasteiger partial charge in [0.2, 0.25) is 10.0 Å². The molecule has 0 saturated carbocycles. The molecule has 1 aromatic heterocycles. The third-order valence-electron chi connectivity index (χ3n) is 6.39. The molecule has 1 aromatic carbocycles. The van der Waals surface area contributed by atoms with Crippen LogP contribution in [0.1, 0.15) is 42.5 Å². The van der Waals surface area contributed by atoms with Crippen LogP contribution in [0, 0.1) is 11.8 Å². The number of pyridine rings is 1. The van der Waals surface area contributed by atoms with Crippen LogP contribution in [-0.2, 0) is 10.0 Å². The predicted molar refractivity (Wildman–Crippen MR) is 121 cm³/mol. The Morgan fingerprint density at radius 3 is 2.55 bits per heavy atom. The molecule has 0 aliphatic carbocycles. The summed E-state index contributed by atoms with van der Waals surface area (Å²) in [5, 5.41) is 10.1. The summed E-state index contributed by atoms with van der Waals surface area (Å²) in [7, 11) is -3.23. The van der Waals surface area contributed by atoms with E-state index in [-0.39, 0.29) is 30.4 Å². The van der Waals surface area contributed by atoms with Gasteiger partial charge in [-0.25, -0.2) is 17.7 Å². The van der Waals surface area contributed by atoms with Gasteiger partial charge < -0.3 is 5.11 Å². The minimum atomic E-state index is -3.23. The number of aliphatic hydroxyl groups excluding tert-OH is 1. The molecule has 2 aromatic rings. The van der Waals surface area contributed by atoms with Crippen LogP contribution in [0.25, 0.3) is 0 Å². The summed E-state index contributed by atoms with van der Waals surface area (Å²) in [6.45, 7) is 3.74. The van der Waals surface area contributed by atoms with E-state index in [1.54, 1.807) is 17.4 Å². The van der Waals surface area contributed by atoms with Crippen molar-refractivity contribution >= 4 is 10.0 Å². The molecule has 0 radical (unpaired) electrons. The standard InChI is InChI=1S/C24H29N3O3S/c1-2-31(29,30)26-15-5-6-16-27-22(17-26)24(23(27)18-28)20-11-8-19(9-12-20)10-13-21-7-3-4-14-25-21/h3-4,7-9,11-12,14,22-24,28H,2,5-6,15-18H2,1H3/t22-,23+,24-/m1/s1. The first kappa shape index (κ1) is 22.0. The van der Waals surface area contributed by atoms with Crippen molar-refractivity contribution in [2.45, 2.75) is 37.8 Å². The summed E-state index contributed by atoms with van der Waals surface area (Å²) in [4.78, 5) is 6.51. The fourth-order valence-electron chi connectivity index (χ4n) is 4.71. The second-order valence-corrected chi connectivity index (χ2v) is 10.4. The fraction of sp³-hybridized carbons (Fsp3) is 0.458. The number of fused-ring (bicyclic) bond motifs is 1. The molecule has 4 rings (SSSR count). The van der Waals surface area contributed by atoms with Crippen LogP contribution in [0.2, 0.25) is 0 Å². The number of sulfonamides is 1. The first-order chi connectivity index (χ1) is 15.0. The van der Waals surface area contributed by atoms with Crippen LogP contribution in [0.15, 0.2) is 48.7 Å². The Kier molecular flexibility index (Phi) is 6.73. The van der Waals surface area contributed by atoms with Gasteiger partial charge in [0.15, 0.2) is 0 Å². The Morgan fingerprint density at radius 1 is 1.10 bits per heavy atom. The van der Waals surface area contributed by atoms with Crippen molar-refractivity contribution < 1.29 is 13.5 Å². The second kappa shape index (κ2) is 9.49. The van der Waals surface area contributed by atoms with Crippen molar-refractivity contribution in [2.75, 3.05) is 32.0 Å². The maximum atomic E-state index is 12.6. The Hall–Kier alpha value is -2.24. The lowest BCUT2D eigenvalue weighted by atomic mass is 9.74. The molecule has 31 heavy (non-hydrogen) atoms. The molecule has 0 unspecified atom stereocenters. The van der Waals surface area contributed by atoms with E-state index in [9.17, 15) is 13.5 Å². The van der Waals surface area contributed by atoms with Gasteiger partial charge >= 0.3 is 0 Å². The predicted octanol–water partition coefficient (Wildman–Crippen LogP) is 2.06. The van der Waals surface area contributed by atoms with Crippen molar-refractivity contribution in [2.24, 2.45) is 0 Å². The van der Waals surface area contributed by atoms with E-state index < -0.39 is 10.0 Å². The molecule has 2 saturated heterocycles. The molecule has 7 heteroatoms. The minimum absolute atomic E-state index is 0.0275. The van der Waals surface area contributed by atoms with Gasteiger partial charge in [0.1, 0.15) is 5.69 Å². The molecule has 2 fully saturated rings. The molecule has 3 heterocycles. The monoisotopic (exact) mass is 439 g/mol. The van der Waals surface area contributed by atoms with Gasteiger partial charge in [0.05, 0.1) is 12.4 Å². The highest BCUT2D eigenvalue weighted by Crippen LogP contribution is 2.42. The number of rotatable bonds is 4. The van der Waals surface area contributed by atoms with Crippen molar-refractivity contribution in [3.8, 4) is 11.8 Å². The maximum absolute atomic E-state index is 12.6. The van der Waals surface area contributed by atoms with Crippen molar-refractivity contribution in [3.05, 3.63) is 65.5 Å². The van der Waals surface area contributed by atoms with Gasteiger partial charge in [-0.1, -0.05) is 24.1 Å². The van der Waals surface area contributed by atoms with Crippen LogP contribution in [0.5, 0.6) is 0 Å². The van der Waals surface area contributed by atoms with E-state index in [1.807, 2.05) is 30.3 Å². The van der Waals surface area contributed by atoms with E-state index >= 15 is 0 Å². The average molecular weight is 440 g/mol. The van der Waals surface area contributed by atoms with Gasteiger partial charge in [0.25, 0.3) is 0 Å². The lowest BCUT2D eigenvalue weighted by molar-refractivity contribution is -0.0553. The normalized spacial score (nSPS) is 24.8. The highest BCUT2D eigenvalue weighted by molar-refractivity contribution is 7.89. The molecule has 2 aliphatic heterocycles. The molecular weight excluding hydrogens is 410 g/mol. The van der Waals surface area contributed by atoms with E-state index in [0.29, 0.717) is 13.1 Å². The summed E-state index contributed by atoms with van der Waals surface area (Å²) >= 11 is 0. The van der Waals surface area contributed by atoms with E-state index in [4.69, 9.17) is 0 Å². The minimum Gasteiger partial charge on any atom is -0.395 e. The van der Waals surface area contributed by atoms with Crippen LogP contribution < -0.4 is 0 Å². The third kappa shape index (κ3) is 4.68. The fourth-order valence-corrected chi connectivity index (χ4v) is 5.86. The Morgan fingerprint density at radius 2 is 1.87 bits per heavy atom. The van der Waals surface area contributed by atoms with E-state index in [1.165, 1.54) is 0 Å². The Balaban J connectivity index is 1.55. The average Bonchev–Trinajstić information content (AvgIpc) is 2.78. The van der Waals surface area contributed by atoms with Gasteiger partial charge in [-0.3, -0.25) is 4.90 Å². The zero-order valence-electron chi connectivity index (χ0n) is 17.8. The number of hydrogen-bond donors (Lipinski definition) is 1. The number of aromatic nitrogens is 1. The number of hydrogen-bond acceptors (Lipinski definition) is 5. The molecule has 3 atom stereocenters. The molecular formula is C24H29N3O3S. The van der Waals surface area contributed by atoms with Gasteiger partial charge in [0, 0.05) is 42.9 Å². The third-order valence-corrected chi connectivity index (χ3v) is 8.23. The smallest absolute Gasteiger partial charge is 0.213 e. The van der Waals surface area contributed by atoms with Crippen molar-refractivity contribution in [3.63, 3.8) is 0 Å². The summed E-state index contributed by atoms with van der Waals surface area (Å²) in [6, 6.07) is 13.9. The van der Waals surface area contributed by atoms with Gasteiger partial charge in [-0.2, -0.15) is 0 Å². The van der Waals surface area contributed by atoms with Crippen LogP contribution in [-0.4, -0.2) is 71.8 Å². The van der Waals surface area contributed by atoms with Gasteiger partial charge in [-0.05, 0) is 62.1 Å². The first-order valence-corrected chi connectivity index (χ1v) is 12.5. The van der Waals surface area contributed by atoms with E-state index in [0.717, 1.165) is 36.2 Å². The van der Waals surface area contributed by atoms with Crippen molar-refractivity contribution in [1.82, 2.24) is 14.2 Å². The SMILES string of the molecule is CCS(=O)(=O)N1CCCCN2[C@H](C1)[C@@H](c1ccc(C#Cc3ccccn3)cc1)[C@@H]2CO. The van der Waals surface area contributed by atoms with E-state index in [2.05, 4.69) is 33.9 Å². The summed E-state index contributed by atoms with van der Waals surface area (Å²) < 4.78 is 26.8. The summed E-state index contributed by atoms with van der Waals surface area (Å²) in [6.07, 6.45) is 3.52. The lowest BCUT2D eigenvalue weighted by Crippen LogP contribution is -2.67. The molecule has 0 amide bonds. The van der Waals surface area contributed by atoms with Crippen molar-refractivity contribution in [1.29, 1.82) is 0 Å². The Labute approximate surface area is 185 Å². The summed E-state index contributed by atoms with van der Waals surface area (Å²) in [5.41, 5.74) is 2.75.